The molecule has 1 atom stereocenters. The van der Waals surface area contributed by atoms with Gasteiger partial charge in [0.05, 0.1) is 12.7 Å². The fraction of sp³-hybridized carbons (Fsp3) is 0.500. The standard InChI is InChI=1S/C12H19NO2/c1-10(14)6-7-15-12-5-3-4-11(8-12)9-13-2/h3-5,8,10,13-14H,6-7,9H2,1-2H3. The van der Waals surface area contributed by atoms with Gasteiger partial charge in [-0.3, -0.25) is 0 Å². The summed E-state index contributed by atoms with van der Waals surface area (Å²) in [5.74, 6) is 0.864. The SMILES string of the molecule is CNCc1cccc(OCCC(C)O)c1. The lowest BCUT2D eigenvalue weighted by Crippen LogP contribution is -2.08. The molecule has 0 bridgehead atoms. The van der Waals surface area contributed by atoms with Crippen LogP contribution in [0.2, 0.25) is 0 Å². The van der Waals surface area contributed by atoms with Crippen molar-refractivity contribution in [1.82, 2.24) is 5.32 Å². The Balaban J connectivity index is 2.43. The van der Waals surface area contributed by atoms with Crippen LogP contribution in [0.15, 0.2) is 24.3 Å². The van der Waals surface area contributed by atoms with E-state index in [4.69, 9.17) is 9.84 Å². The van der Waals surface area contributed by atoms with Crippen molar-refractivity contribution < 1.29 is 9.84 Å². The van der Waals surface area contributed by atoms with Crippen molar-refractivity contribution in [3.63, 3.8) is 0 Å². The van der Waals surface area contributed by atoms with Crippen molar-refractivity contribution in [3.05, 3.63) is 29.8 Å². The Labute approximate surface area is 91.1 Å². The lowest BCUT2D eigenvalue weighted by Gasteiger charge is -2.08. The van der Waals surface area contributed by atoms with Gasteiger partial charge < -0.3 is 15.2 Å². The molecule has 0 saturated carbocycles. The van der Waals surface area contributed by atoms with Crippen LogP contribution in [-0.2, 0) is 6.54 Å². The third-order valence-corrected chi connectivity index (χ3v) is 2.08. The van der Waals surface area contributed by atoms with Gasteiger partial charge in [0.2, 0.25) is 0 Å². The predicted molar refractivity (Wildman–Crippen MR) is 61.0 cm³/mol. The number of nitrogens with one attached hydrogen (secondary N) is 1. The molecule has 15 heavy (non-hydrogen) atoms. The molecule has 0 spiro atoms. The number of hydrogen-bond donors (Lipinski definition) is 2. The molecule has 0 aliphatic heterocycles. The largest absolute Gasteiger partial charge is 0.493 e. The topological polar surface area (TPSA) is 41.5 Å². The molecule has 3 heteroatoms. The summed E-state index contributed by atoms with van der Waals surface area (Å²) in [4.78, 5) is 0. The molecule has 0 aromatic heterocycles. The fourth-order valence-corrected chi connectivity index (χ4v) is 1.30. The highest BCUT2D eigenvalue weighted by Gasteiger charge is 1.98. The minimum absolute atomic E-state index is 0.300. The van der Waals surface area contributed by atoms with Gasteiger partial charge in [-0.2, -0.15) is 0 Å². The quantitative estimate of drug-likeness (QED) is 0.747. The molecule has 1 aromatic rings. The molecule has 1 rings (SSSR count). The molecule has 0 heterocycles. The van der Waals surface area contributed by atoms with Crippen LogP contribution in [0.25, 0.3) is 0 Å². The second-order valence-electron chi connectivity index (χ2n) is 3.66. The second kappa shape index (κ2) is 6.43. The normalized spacial score (nSPS) is 12.5. The van der Waals surface area contributed by atoms with E-state index in [9.17, 15) is 0 Å². The Morgan fingerprint density at radius 2 is 2.27 bits per heavy atom. The van der Waals surface area contributed by atoms with Crippen LogP contribution in [0.4, 0.5) is 0 Å². The Hall–Kier alpha value is -1.06. The smallest absolute Gasteiger partial charge is 0.119 e. The van der Waals surface area contributed by atoms with Gasteiger partial charge in [-0.1, -0.05) is 12.1 Å². The molecule has 3 nitrogen and oxygen atoms in total. The van der Waals surface area contributed by atoms with E-state index in [1.807, 2.05) is 25.2 Å². The average Bonchev–Trinajstić information content (AvgIpc) is 2.18. The number of aliphatic hydroxyl groups excluding tert-OH is 1. The van der Waals surface area contributed by atoms with Crippen LogP contribution in [0.1, 0.15) is 18.9 Å². The van der Waals surface area contributed by atoms with Crippen molar-refractivity contribution in [2.75, 3.05) is 13.7 Å². The maximum Gasteiger partial charge on any atom is 0.119 e. The molecule has 1 aromatic carbocycles. The number of benzene rings is 1. The van der Waals surface area contributed by atoms with Crippen LogP contribution in [0, 0.1) is 0 Å². The second-order valence-corrected chi connectivity index (χ2v) is 3.66. The monoisotopic (exact) mass is 209 g/mol. The fourth-order valence-electron chi connectivity index (χ4n) is 1.30. The van der Waals surface area contributed by atoms with Gasteiger partial charge in [0.1, 0.15) is 5.75 Å². The highest BCUT2D eigenvalue weighted by molar-refractivity contribution is 5.28. The maximum atomic E-state index is 9.08. The van der Waals surface area contributed by atoms with E-state index >= 15 is 0 Å². The molecule has 0 amide bonds. The van der Waals surface area contributed by atoms with Crippen molar-refractivity contribution >= 4 is 0 Å². The third kappa shape index (κ3) is 4.81. The van der Waals surface area contributed by atoms with E-state index in [1.165, 1.54) is 5.56 Å². The molecule has 0 aliphatic rings. The van der Waals surface area contributed by atoms with E-state index in [1.54, 1.807) is 6.92 Å². The number of ether oxygens (including phenoxy) is 1. The molecular formula is C12H19NO2. The zero-order valence-electron chi connectivity index (χ0n) is 9.36. The minimum Gasteiger partial charge on any atom is -0.493 e. The Kier molecular flexibility index (Phi) is 5.15. The molecule has 0 aliphatic carbocycles. The lowest BCUT2D eigenvalue weighted by atomic mass is 10.2. The number of rotatable bonds is 6. The highest BCUT2D eigenvalue weighted by atomic mass is 16.5. The summed E-state index contributed by atoms with van der Waals surface area (Å²) in [6, 6.07) is 7.97. The number of aliphatic hydroxyl groups is 1. The van der Waals surface area contributed by atoms with E-state index in [0.717, 1.165) is 12.3 Å². The van der Waals surface area contributed by atoms with Crippen molar-refractivity contribution in [3.8, 4) is 5.75 Å². The Morgan fingerprint density at radius 1 is 1.47 bits per heavy atom. The Morgan fingerprint density at radius 3 is 2.93 bits per heavy atom. The van der Waals surface area contributed by atoms with Crippen LogP contribution in [-0.4, -0.2) is 24.9 Å². The van der Waals surface area contributed by atoms with Gasteiger partial charge in [0.15, 0.2) is 0 Å². The van der Waals surface area contributed by atoms with Gasteiger partial charge in [-0.25, -0.2) is 0 Å². The van der Waals surface area contributed by atoms with E-state index < -0.39 is 0 Å². The molecular weight excluding hydrogens is 190 g/mol. The van der Waals surface area contributed by atoms with Crippen LogP contribution in [0.5, 0.6) is 5.75 Å². The van der Waals surface area contributed by atoms with E-state index in [2.05, 4.69) is 11.4 Å². The van der Waals surface area contributed by atoms with Gasteiger partial charge in [-0.15, -0.1) is 0 Å². The van der Waals surface area contributed by atoms with E-state index in [-0.39, 0.29) is 6.10 Å². The van der Waals surface area contributed by atoms with Crippen LogP contribution >= 0.6 is 0 Å². The predicted octanol–water partition coefficient (Wildman–Crippen LogP) is 1.56. The molecule has 0 radical (unpaired) electrons. The summed E-state index contributed by atoms with van der Waals surface area (Å²) in [6.45, 7) is 3.16. The van der Waals surface area contributed by atoms with E-state index in [0.29, 0.717) is 13.0 Å². The molecule has 0 fully saturated rings. The summed E-state index contributed by atoms with van der Waals surface area (Å²) in [7, 11) is 1.92. The third-order valence-electron chi connectivity index (χ3n) is 2.08. The molecule has 1 unspecified atom stereocenters. The zero-order valence-corrected chi connectivity index (χ0v) is 9.36. The Bertz CT molecular complexity index is 287. The number of hydrogen-bond acceptors (Lipinski definition) is 3. The summed E-state index contributed by atoms with van der Waals surface area (Å²) < 4.78 is 5.52. The van der Waals surface area contributed by atoms with Crippen LogP contribution < -0.4 is 10.1 Å². The molecule has 0 saturated heterocycles. The summed E-state index contributed by atoms with van der Waals surface area (Å²) in [5, 5.41) is 12.2. The first-order valence-electron chi connectivity index (χ1n) is 5.27. The van der Waals surface area contributed by atoms with Gasteiger partial charge >= 0.3 is 0 Å². The highest BCUT2D eigenvalue weighted by Crippen LogP contribution is 2.13. The van der Waals surface area contributed by atoms with Gasteiger partial charge in [0.25, 0.3) is 0 Å². The van der Waals surface area contributed by atoms with Crippen molar-refractivity contribution in [2.45, 2.75) is 26.0 Å². The first kappa shape index (κ1) is 12.0. The van der Waals surface area contributed by atoms with Crippen LogP contribution in [0.3, 0.4) is 0 Å². The van der Waals surface area contributed by atoms with Crippen molar-refractivity contribution in [2.24, 2.45) is 0 Å². The molecule has 84 valence electrons. The minimum atomic E-state index is -0.300. The first-order chi connectivity index (χ1) is 7.22. The first-order valence-corrected chi connectivity index (χ1v) is 5.27. The summed E-state index contributed by atoms with van der Waals surface area (Å²) >= 11 is 0. The van der Waals surface area contributed by atoms with Gasteiger partial charge in [0, 0.05) is 13.0 Å². The lowest BCUT2D eigenvalue weighted by molar-refractivity contribution is 0.155. The summed E-state index contributed by atoms with van der Waals surface area (Å²) in [6.07, 6.45) is 0.362. The molecule has 2 N–H and O–H groups in total. The average molecular weight is 209 g/mol. The summed E-state index contributed by atoms with van der Waals surface area (Å²) in [5.41, 5.74) is 1.20. The van der Waals surface area contributed by atoms with Crippen molar-refractivity contribution in [1.29, 1.82) is 0 Å². The van der Waals surface area contributed by atoms with Gasteiger partial charge in [-0.05, 0) is 31.7 Å². The zero-order chi connectivity index (χ0) is 11.1. The maximum absolute atomic E-state index is 9.08.